The van der Waals surface area contributed by atoms with Gasteiger partial charge in [-0.1, -0.05) is 12.1 Å². The van der Waals surface area contributed by atoms with E-state index in [1.165, 1.54) is 4.90 Å². The summed E-state index contributed by atoms with van der Waals surface area (Å²) >= 11 is 0. The smallest absolute Gasteiger partial charge is 0.240 e. The van der Waals surface area contributed by atoms with Gasteiger partial charge in [-0.15, -0.1) is 0 Å². The minimum absolute atomic E-state index is 0.0590. The lowest BCUT2D eigenvalue weighted by Crippen LogP contribution is -2.46. The van der Waals surface area contributed by atoms with Crippen LogP contribution in [-0.2, 0) is 16.0 Å². The first-order valence-electron chi connectivity index (χ1n) is 7.25. The minimum Gasteiger partial charge on any atom is -0.350 e. The average molecular weight is 301 g/mol. The molecule has 0 atom stereocenters. The molecule has 5 heteroatoms. The molecule has 0 saturated carbocycles. The molecule has 1 N–H and O–H groups in total. The molecule has 1 rings (SSSR count). The number of carbonyl (C=O) groups excluding carboxylic acids is 2. The number of carbonyl (C=O) groups is 2. The molecule has 0 aliphatic rings. The summed E-state index contributed by atoms with van der Waals surface area (Å²) in [5.41, 5.74) is 1.30. The maximum Gasteiger partial charge on any atom is 0.240 e. The van der Waals surface area contributed by atoms with Crippen molar-refractivity contribution >= 4 is 11.8 Å². The summed E-state index contributed by atoms with van der Waals surface area (Å²) in [5.74, 6) is -0.241. The molecule has 0 spiro atoms. The molecule has 0 fully saturated rings. The summed E-state index contributed by atoms with van der Waals surface area (Å²) in [6.45, 7) is 5.76. The summed E-state index contributed by atoms with van der Waals surface area (Å²) in [6, 6.07) is 9.22. The van der Waals surface area contributed by atoms with Crippen molar-refractivity contribution in [3.63, 3.8) is 0 Å². The van der Waals surface area contributed by atoms with Crippen LogP contribution in [0.5, 0.6) is 0 Å². The molecule has 5 nitrogen and oxygen atoms in total. The Labute approximate surface area is 131 Å². The summed E-state index contributed by atoms with van der Waals surface area (Å²) < 4.78 is 0. The van der Waals surface area contributed by atoms with Crippen LogP contribution in [-0.4, -0.2) is 35.8 Å². The van der Waals surface area contributed by atoms with Crippen LogP contribution in [0.15, 0.2) is 24.3 Å². The maximum atomic E-state index is 12.0. The van der Waals surface area contributed by atoms with Crippen LogP contribution in [0.4, 0.5) is 0 Å². The third-order valence-corrected chi connectivity index (χ3v) is 3.03. The fourth-order valence-electron chi connectivity index (χ4n) is 1.95. The third kappa shape index (κ3) is 6.40. The van der Waals surface area contributed by atoms with Gasteiger partial charge in [0.15, 0.2) is 0 Å². The van der Waals surface area contributed by atoms with Gasteiger partial charge >= 0.3 is 0 Å². The Morgan fingerprint density at radius 1 is 1.23 bits per heavy atom. The lowest BCUT2D eigenvalue weighted by molar-refractivity contribution is -0.135. The Hall–Kier alpha value is -2.35. The molecule has 0 aliphatic carbocycles. The number of nitrogens with one attached hydrogen (secondary N) is 1. The van der Waals surface area contributed by atoms with Crippen molar-refractivity contribution in [3.8, 4) is 6.07 Å². The van der Waals surface area contributed by atoms with Gasteiger partial charge in [-0.05, 0) is 44.9 Å². The van der Waals surface area contributed by atoms with E-state index >= 15 is 0 Å². The zero-order valence-electron chi connectivity index (χ0n) is 13.6. The highest BCUT2D eigenvalue weighted by atomic mass is 16.2. The number of benzene rings is 1. The molecule has 0 unspecified atom stereocenters. The van der Waals surface area contributed by atoms with Crippen molar-refractivity contribution in [2.75, 3.05) is 13.6 Å². The molecule has 1 aromatic rings. The molecule has 0 aromatic heterocycles. The van der Waals surface area contributed by atoms with E-state index in [2.05, 4.69) is 11.4 Å². The molecule has 2 amide bonds. The molecule has 0 radical (unpaired) electrons. The van der Waals surface area contributed by atoms with Crippen LogP contribution >= 0.6 is 0 Å². The number of likely N-dealkylation sites (N-methyl/N-ethyl adjacent to an activating group) is 1. The highest BCUT2D eigenvalue weighted by Crippen LogP contribution is 2.07. The number of amides is 2. The van der Waals surface area contributed by atoms with Gasteiger partial charge in [0.25, 0.3) is 0 Å². The molecule has 118 valence electrons. The summed E-state index contributed by atoms with van der Waals surface area (Å²) in [7, 11) is 1.63. The quantitative estimate of drug-likeness (QED) is 0.902. The van der Waals surface area contributed by atoms with Gasteiger partial charge in [0.05, 0.1) is 18.2 Å². The normalized spacial score (nSPS) is 10.7. The van der Waals surface area contributed by atoms with E-state index in [4.69, 9.17) is 5.26 Å². The van der Waals surface area contributed by atoms with Gasteiger partial charge in [-0.25, -0.2) is 0 Å². The first-order chi connectivity index (χ1) is 10.2. The van der Waals surface area contributed by atoms with E-state index in [9.17, 15) is 9.59 Å². The molecule has 22 heavy (non-hydrogen) atoms. The predicted molar refractivity (Wildman–Crippen MR) is 85.0 cm³/mol. The number of nitriles is 1. The van der Waals surface area contributed by atoms with Crippen LogP contribution in [0, 0.1) is 11.3 Å². The third-order valence-electron chi connectivity index (χ3n) is 3.03. The first kappa shape index (κ1) is 17.7. The number of hydrogen-bond acceptors (Lipinski definition) is 3. The molecule has 0 bridgehead atoms. The van der Waals surface area contributed by atoms with Crippen molar-refractivity contribution in [2.45, 2.75) is 39.2 Å². The largest absolute Gasteiger partial charge is 0.350 e. The van der Waals surface area contributed by atoms with Crippen LogP contribution in [0.2, 0.25) is 0 Å². The summed E-state index contributed by atoms with van der Waals surface area (Å²) in [4.78, 5) is 25.3. The second-order valence-corrected chi connectivity index (χ2v) is 6.36. The average Bonchev–Trinajstić information content (AvgIpc) is 2.43. The second kappa shape index (κ2) is 7.60. The van der Waals surface area contributed by atoms with Gasteiger partial charge in [-0.3, -0.25) is 9.59 Å². The molecule has 0 saturated heterocycles. The van der Waals surface area contributed by atoms with E-state index in [1.807, 2.05) is 32.9 Å². The van der Waals surface area contributed by atoms with Crippen molar-refractivity contribution < 1.29 is 9.59 Å². The van der Waals surface area contributed by atoms with E-state index in [0.29, 0.717) is 18.4 Å². The first-order valence-corrected chi connectivity index (χ1v) is 7.25. The highest BCUT2D eigenvalue weighted by molar-refractivity contribution is 5.85. The summed E-state index contributed by atoms with van der Waals surface area (Å²) in [6.07, 6.45) is 0.932. The van der Waals surface area contributed by atoms with Crippen LogP contribution < -0.4 is 5.32 Å². The van der Waals surface area contributed by atoms with E-state index < -0.39 is 0 Å². The van der Waals surface area contributed by atoms with E-state index in [0.717, 1.165) is 5.56 Å². The van der Waals surface area contributed by atoms with Crippen LogP contribution in [0.3, 0.4) is 0 Å². The van der Waals surface area contributed by atoms with Crippen molar-refractivity contribution in [1.82, 2.24) is 10.2 Å². The van der Waals surface area contributed by atoms with Gasteiger partial charge in [0.2, 0.25) is 11.8 Å². The van der Waals surface area contributed by atoms with Crippen molar-refractivity contribution in [1.29, 1.82) is 5.26 Å². The van der Waals surface area contributed by atoms with Crippen molar-refractivity contribution in [3.05, 3.63) is 35.4 Å². The Balaban J connectivity index is 2.44. The Morgan fingerprint density at radius 2 is 1.82 bits per heavy atom. The fourth-order valence-corrected chi connectivity index (χ4v) is 1.95. The molecule has 1 aromatic carbocycles. The lowest BCUT2D eigenvalue weighted by Gasteiger charge is -2.23. The maximum absolute atomic E-state index is 12.0. The monoisotopic (exact) mass is 301 g/mol. The van der Waals surface area contributed by atoms with Gasteiger partial charge in [0.1, 0.15) is 0 Å². The van der Waals surface area contributed by atoms with Gasteiger partial charge in [0, 0.05) is 19.0 Å². The van der Waals surface area contributed by atoms with Crippen molar-refractivity contribution in [2.24, 2.45) is 0 Å². The number of rotatable bonds is 5. The molecular formula is C17H23N3O2. The van der Waals surface area contributed by atoms with Gasteiger partial charge < -0.3 is 10.2 Å². The number of nitrogens with zero attached hydrogens (tertiary/aromatic N) is 2. The topological polar surface area (TPSA) is 73.2 Å². The highest BCUT2D eigenvalue weighted by Gasteiger charge is 2.17. The Kier molecular flexibility index (Phi) is 6.11. The lowest BCUT2D eigenvalue weighted by atomic mass is 10.1. The van der Waals surface area contributed by atoms with Crippen LogP contribution in [0.1, 0.15) is 38.3 Å². The zero-order valence-corrected chi connectivity index (χ0v) is 13.6. The van der Waals surface area contributed by atoms with E-state index in [-0.39, 0.29) is 23.9 Å². The summed E-state index contributed by atoms with van der Waals surface area (Å²) in [5, 5.41) is 11.6. The zero-order chi connectivity index (χ0) is 16.8. The minimum atomic E-state index is -0.302. The van der Waals surface area contributed by atoms with E-state index in [1.54, 1.807) is 19.2 Å². The standard InChI is InChI=1S/C17H23N3O2/c1-17(2,3)19-15(21)12-20(4)16(22)10-9-13-5-7-14(11-18)8-6-13/h5-8H,9-10,12H2,1-4H3,(H,19,21). The fraction of sp³-hybridized carbons (Fsp3) is 0.471. The Bertz CT molecular complexity index is 565. The SMILES string of the molecule is CN(CC(=O)NC(C)(C)C)C(=O)CCc1ccc(C#N)cc1. The predicted octanol–water partition coefficient (Wildman–Crippen LogP) is 1.86. The van der Waals surface area contributed by atoms with Crippen LogP contribution in [0.25, 0.3) is 0 Å². The Morgan fingerprint density at radius 3 is 2.32 bits per heavy atom. The molecular weight excluding hydrogens is 278 g/mol. The number of hydrogen-bond donors (Lipinski definition) is 1. The molecule has 0 aliphatic heterocycles. The second-order valence-electron chi connectivity index (χ2n) is 6.36. The molecule has 0 heterocycles. The number of aryl methyl sites for hydroxylation is 1. The van der Waals surface area contributed by atoms with Gasteiger partial charge in [-0.2, -0.15) is 5.26 Å².